The van der Waals surface area contributed by atoms with E-state index < -0.39 is 0 Å². The second-order valence-electron chi connectivity index (χ2n) is 5.11. The molecular weight excluding hydrogens is 251 g/mol. The van der Waals surface area contributed by atoms with E-state index in [0.717, 1.165) is 11.3 Å². The van der Waals surface area contributed by atoms with Gasteiger partial charge in [0.05, 0.1) is 11.6 Å². The Kier molecular flexibility index (Phi) is 4.05. The normalized spacial score (nSPS) is 10.2. The Balaban J connectivity index is 2.25. The molecule has 0 bridgehead atoms. The van der Waals surface area contributed by atoms with Crippen LogP contribution < -0.4 is 4.90 Å². The summed E-state index contributed by atoms with van der Waals surface area (Å²) in [7, 11) is 1.97. The Morgan fingerprint density at radius 2 is 1.90 bits per heavy atom. The van der Waals surface area contributed by atoms with Crippen LogP contribution in [0.3, 0.4) is 0 Å². The average molecular weight is 268 g/mol. The van der Waals surface area contributed by atoms with Crippen LogP contribution in [-0.2, 0) is 6.54 Å². The Morgan fingerprint density at radius 1 is 1.15 bits per heavy atom. The van der Waals surface area contributed by atoms with Crippen LogP contribution in [0.4, 0.5) is 10.1 Å². The fourth-order valence-corrected chi connectivity index (χ4v) is 2.40. The first kappa shape index (κ1) is 14.1. The van der Waals surface area contributed by atoms with Gasteiger partial charge in [-0.2, -0.15) is 5.26 Å². The van der Waals surface area contributed by atoms with Gasteiger partial charge in [-0.05, 0) is 49.2 Å². The minimum absolute atomic E-state index is 0.356. The topological polar surface area (TPSA) is 27.0 Å². The van der Waals surface area contributed by atoms with E-state index in [-0.39, 0.29) is 5.82 Å². The zero-order valence-corrected chi connectivity index (χ0v) is 11.9. The predicted octanol–water partition coefficient (Wildman–Crippen LogP) is 3.95. The van der Waals surface area contributed by atoms with Crippen LogP contribution in [-0.4, -0.2) is 7.05 Å². The number of nitriles is 1. The maximum absolute atomic E-state index is 13.4. The Morgan fingerprint density at radius 3 is 2.55 bits per heavy atom. The quantitative estimate of drug-likeness (QED) is 0.842. The van der Waals surface area contributed by atoms with Crippen molar-refractivity contribution in [3.63, 3.8) is 0 Å². The van der Waals surface area contributed by atoms with Gasteiger partial charge in [0.25, 0.3) is 0 Å². The van der Waals surface area contributed by atoms with E-state index in [1.165, 1.54) is 23.3 Å². The van der Waals surface area contributed by atoms with Crippen LogP contribution in [0, 0.1) is 31.0 Å². The first-order valence-electron chi connectivity index (χ1n) is 6.47. The van der Waals surface area contributed by atoms with Crippen molar-refractivity contribution in [2.24, 2.45) is 0 Å². The second-order valence-corrected chi connectivity index (χ2v) is 5.11. The average Bonchev–Trinajstić information content (AvgIpc) is 2.37. The van der Waals surface area contributed by atoms with Gasteiger partial charge >= 0.3 is 0 Å². The lowest BCUT2D eigenvalue weighted by Crippen LogP contribution is -2.17. The fraction of sp³-hybridized carbons (Fsp3) is 0.235. The van der Waals surface area contributed by atoms with Gasteiger partial charge in [0.15, 0.2) is 0 Å². The molecule has 0 aromatic heterocycles. The molecule has 2 aromatic carbocycles. The van der Waals surface area contributed by atoms with Crippen LogP contribution in [0.5, 0.6) is 0 Å². The Bertz CT molecular complexity index is 671. The van der Waals surface area contributed by atoms with Crippen molar-refractivity contribution in [2.75, 3.05) is 11.9 Å². The van der Waals surface area contributed by atoms with Crippen LogP contribution in [0.25, 0.3) is 0 Å². The number of rotatable bonds is 3. The molecule has 2 rings (SSSR count). The van der Waals surface area contributed by atoms with Gasteiger partial charge in [-0.25, -0.2) is 4.39 Å². The van der Waals surface area contributed by atoms with Crippen LogP contribution in [0.15, 0.2) is 36.4 Å². The number of hydrogen-bond donors (Lipinski definition) is 0. The number of nitrogens with zero attached hydrogens (tertiary/aromatic N) is 2. The van der Waals surface area contributed by atoms with Crippen LogP contribution in [0.2, 0.25) is 0 Å². The van der Waals surface area contributed by atoms with Gasteiger partial charge in [-0.3, -0.25) is 0 Å². The number of aryl methyl sites for hydroxylation is 2. The van der Waals surface area contributed by atoms with E-state index in [9.17, 15) is 4.39 Å². The third-order valence-electron chi connectivity index (χ3n) is 3.27. The highest BCUT2D eigenvalue weighted by Crippen LogP contribution is 2.22. The number of anilines is 1. The molecule has 0 atom stereocenters. The molecule has 102 valence electrons. The number of benzene rings is 2. The van der Waals surface area contributed by atoms with Crippen molar-refractivity contribution in [1.82, 2.24) is 0 Å². The first-order valence-corrected chi connectivity index (χ1v) is 6.47. The van der Waals surface area contributed by atoms with Gasteiger partial charge in [0, 0.05) is 19.3 Å². The summed E-state index contributed by atoms with van der Waals surface area (Å²) in [6.45, 7) is 4.68. The molecule has 20 heavy (non-hydrogen) atoms. The third-order valence-corrected chi connectivity index (χ3v) is 3.27. The molecule has 0 aliphatic rings. The van der Waals surface area contributed by atoms with Gasteiger partial charge in [0.1, 0.15) is 5.82 Å². The predicted molar refractivity (Wildman–Crippen MR) is 79.1 cm³/mol. The molecule has 0 spiro atoms. The van der Waals surface area contributed by atoms with E-state index in [2.05, 4.69) is 36.9 Å². The molecule has 3 heteroatoms. The molecule has 0 amide bonds. The molecule has 0 N–H and O–H groups in total. The molecule has 0 fully saturated rings. The van der Waals surface area contributed by atoms with E-state index in [0.29, 0.717) is 12.1 Å². The summed E-state index contributed by atoms with van der Waals surface area (Å²) in [5.74, 6) is -0.368. The minimum Gasteiger partial charge on any atom is -0.370 e. The summed E-state index contributed by atoms with van der Waals surface area (Å²) in [6.07, 6.45) is 0. The molecule has 0 aliphatic heterocycles. The van der Waals surface area contributed by atoms with Crippen molar-refractivity contribution in [3.8, 4) is 6.07 Å². The summed E-state index contributed by atoms with van der Waals surface area (Å²) in [6, 6.07) is 12.7. The van der Waals surface area contributed by atoms with Crippen LogP contribution in [0.1, 0.15) is 22.3 Å². The number of halogens is 1. The second kappa shape index (κ2) is 5.75. The third kappa shape index (κ3) is 3.16. The van der Waals surface area contributed by atoms with E-state index in [1.54, 1.807) is 6.07 Å². The molecule has 2 aromatic rings. The van der Waals surface area contributed by atoms with E-state index in [4.69, 9.17) is 5.26 Å². The summed E-state index contributed by atoms with van der Waals surface area (Å²) in [5, 5.41) is 8.88. The molecule has 0 aliphatic carbocycles. The highest BCUT2D eigenvalue weighted by Gasteiger charge is 2.07. The standard InChI is InChI=1S/C17H17FN2/c1-12-4-5-17(13(2)6-12)20(3)11-15-7-14(10-19)8-16(18)9-15/h4-9H,11H2,1-3H3. The molecule has 0 heterocycles. The Hall–Kier alpha value is -2.34. The van der Waals surface area contributed by atoms with Crippen LogP contribution >= 0.6 is 0 Å². The molecule has 0 unspecified atom stereocenters. The van der Waals surface area contributed by atoms with Gasteiger partial charge < -0.3 is 4.90 Å². The minimum atomic E-state index is -0.368. The van der Waals surface area contributed by atoms with Crippen molar-refractivity contribution < 1.29 is 4.39 Å². The zero-order valence-electron chi connectivity index (χ0n) is 11.9. The summed E-state index contributed by atoms with van der Waals surface area (Å²) in [4.78, 5) is 2.06. The zero-order chi connectivity index (χ0) is 14.7. The maximum Gasteiger partial charge on any atom is 0.124 e. The number of hydrogen-bond acceptors (Lipinski definition) is 2. The molecule has 2 nitrogen and oxygen atoms in total. The molecule has 0 saturated carbocycles. The van der Waals surface area contributed by atoms with E-state index >= 15 is 0 Å². The molecular formula is C17H17FN2. The lowest BCUT2D eigenvalue weighted by atomic mass is 10.1. The maximum atomic E-state index is 13.4. The smallest absolute Gasteiger partial charge is 0.124 e. The highest BCUT2D eigenvalue weighted by molar-refractivity contribution is 5.54. The fourth-order valence-electron chi connectivity index (χ4n) is 2.40. The summed E-state index contributed by atoms with van der Waals surface area (Å²) in [5.41, 5.74) is 4.66. The van der Waals surface area contributed by atoms with Crippen molar-refractivity contribution in [3.05, 3.63) is 64.5 Å². The van der Waals surface area contributed by atoms with Gasteiger partial charge in [0.2, 0.25) is 0 Å². The highest BCUT2D eigenvalue weighted by atomic mass is 19.1. The lowest BCUT2D eigenvalue weighted by molar-refractivity contribution is 0.624. The van der Waals surface area contributed by atoms with Crippen molar-refractivity contribution in [1.29, 1.82) is 5.26 Å². The SMILES string of the molecule is Cc1ccc(N(C)Cc2cc(F)cc(C#N)c2)c(C)c1. The van der Waals surface area contributed by atoms with Gasteiger partial charge in [-0.1, -0.05) is 17.7 Å². The summed E-state index contributed by atoms with van der Waals surface area (Å²) < 4.78 is 13.4. The van der Waals surface area contributed by atoms with E-state index in [1.807, 2.05) is 13.1 Å². The largest absolute Gasteiger partial charge is 0.370 e. The monoisotopic (exact) mass is 268 g/mol. The molecule has 0 saturated heterocycles. The summed E-state index contributed by atoms with van der Waals surface area (Å²) >= 11 is 0. The van der Waals surface area contributed by atoms with Crippen molar-refractivity contribution >= 4 is 5.69 Å². The molecule has 0 radical (unpaired) electrons. The Labute approximate surface area is 119 Å². The van der Waals surface area contributed by atoms with Crippen molar-refractivity contribution in [2.45, 2.75) is 20.4 Å². The lowest BCUT2D eigenvalue weighted by Gasteiger charge is -2.22. The van der Waals surface area contributed by atoms with Gasteiger partial charge in [-0.15, -0.1) is 0 Å². The first-order chi connectivity index (χ1) is 9.49.